The summed E-state index contributed by atoms with van der Waals surface area (Å²) in [4.78, 5) is 19.6. The number of nitro groups is 1. The van der Waals surface area contributed by atoms with Crippen molar-refractivity contribution in [1.82, 2.24) is 0 Å². The Labute approximate surface area is 137 Å². The van der Waals surface area contributed by atoms with Crippen LogP contribution in [0.3, 0.4) is 0 Å². The molecular formula is C16H16BrNO4. The number of ether oxygens (including phenoxy) is 1. The van der Waals surface area contributed by atoms with Crippen LogP contribution >= 0.6 is 15.9 Å². The van der Waals surface area contributed by atoms with Gasteiger partial charge in [-0.25, -0.2) is 0 Å². The minimum Gasteiger partial charge on any atom is -0.482 e. The number of halogens is 1. The van der Waals surface area contributed by atoms with Crippen LogP contribution in [0.15, 0.2) is 53.0 Å². The van der Waals surface area contributed by atoms with Crippen LogP contribution in [0, 0.1) is 10.1 Å². The lowest BCUT2D eigenvalue weighted by molar-refractivity contribution is -0.386. The van der Waals surface area contributed by atoms with Crippen LogP contribution in [-0.2, 0) is 11.4 Å². The molecule has 0 amide bonds. The van der Waals surface area contributed by atoms with Crippen molar-refractivity contribution in [3.05, 3.63) is 68.7 Å². The average Bonchev–Trinajstić information content (AvgIpc) is 2.54. The van der Waals surface area contributed by atoms with Crippen molar-refractivity contribution >= 4 is 27.9 Å². The first-order chi connectivity index (χ1) is 10.6. The third kappa shape index (κ3) is 6.05. The van der Waals surface area contributed by atoms with Gasteiger partial charge >= 0.3 is 5.69 Å². The van der Waals surface area contributed by atoms with E-state index < -0.39 is 4.92 Å². The molecular weight excluding hydrogens is 350 g/mol. The van der Waals surface area contributed by atoms with E-state index in [9.17, 15) is 14.9 Å². The molecule has 0 N–H and O–H groups in total. The predicted molar refractivity (Wildman–Crippen MR) is 87.9 cm³/mol. The largest absolute Gasteiger partial charge is 0.482 e. The van der Waals surface area contributed by atoms with Gasteiger partial charge in [-0.15, -0.1) is 0 Å². The summed E-state index contributed by atoms with van der Waals surface area (Å²) >= 11 is 3.20. The van der Waals surface area contributed by atoms with Gasteiger partial charge in [0.1, 0.15) is 12.9 Å². The monoisotopic (exact) mass is 365 g/mol. The maximum Gasteiger partial charge on any atom is 0.312 e. The smallest absolute Gasteiger partial charge is 0.312 e. The minimum atomic E-state index is -0.453. The molecule has 2 aromatic rings. The van der Waals surface area contributed by atoms with Gasteiger partial charge in [-0.05, 0) is 17.7 Å². The SMILES string of the molecule is CCC=O.O=[N+]([O-])c1cc(Br)ccc1OCc1ccccc1. The van der Waals surface area contributed by atoms with E-state index in [2.05, 4.69) is 15.9 Å². The minimum absolute atomic E-state index is 0.0414. The van der Waals surface area contributed by atoms with E-state index in [0.29, 0.717) is 17.5 Å². The Morgan fingerprint density at radius 2 is 1.86 bits per heavy atom. The van der Waals surface area contributed by atoms with E-state index >= 15 is 0 Å². The summed E-state index contributed by atoms with van der Waals surface area (Å²) < 4.78 is 6.13. The second kappa shape index (κ2) is 9.68. The second-order valence-electron chi connectivity index (χ2n) is 4.22. The molecule has 0 heterocycles. The number of aldehydes is 1. The molecule has 2 rings (SSSR count). The Kier molecular flexibility index (Phi) is 7.85. The number of benzene rings is 2. The van der Waals surface area contributed by atoms with Crippen molar-refractivity contribution in [1.29, 1.82) is 0 Å². The first-order valence-electron chi connectivity index (χ1n) is 6.62. The zero-order valence-corrected chi connectivity index (χ0v) is 13.7. The Morgan fingerprint density at radius 3 is 2.41 bits per heavy atom. The number of carbonyl (C=O) groups excluding carboxylic acids is 1. The molecule has 6 heteroatoms. The number of nitrogens with zero attached hydrogens (tertiary/aromatic N) is 1. The third-order valence-corrected chi connectivity index (χ3v) is 3.01. The van der Waals surface area contributed by atoms with Gasteiger partial charge in [-0.2, -0.15) is 0 Å². The molecule has 0 aliphatic rings. The van der Waals surface area contributed by atoms with Crippen molar-refractivity contribution in [2.75, 3.05) is 0 Å². The lowest BCUT2D eigenvalue weighted by Gasteiger charge is -2.06. The summed E-state index contributed by atoms with van der Waals surface area (Å²) in [5, 5.41) is 10.9. The van der Waals surface area contributed by atoms with Gasteiger partial charge in [0, 0.05) is 17.0 Å². The van der Waals surface area contributed by atoms with Gasteiger partial charge in [-0.1, -0.05) is 53.2 Å². The first-order valence-corrected chi connectivity index (χ1v) is 7.42. The number of hydrogen-bond acceptors (Lipinski definition) is 4. The molecule has 22 heavy (non-hydrogen) atoms. The van der Waals surface area contributed by atoms with E-state index in [0.717, 1.165) is 11.8 Å². The quantitative estimate of drug-likeness (QED) is 0.443. The lowest BCUT2D eigenvalue weighted by Crippen LogP contribution is -1.98. The van der Waals surface area contributed by atoms with Crippen LogP contribution in [0.1, 0.15) is 18.9 Å². The zero-order chi connectivity index (χ0) is 16.4. The molecule has 0 spiro atoms. The molecule has 0 saturated heterocycles. The fourth-order valence-electron chi connectivity index (χ4n) is 1.49. The third-order valence-electron chi connectivity index (χ3n) is 2.52. The molecule has 2 aromatic carbocycles. The molecule has 0 aliphatic heterocycles. The fraction of sp³-hybridized carbons (Fsp3) is 0.188. The highest BCUT2D eigenvalue weighted by Gasteiger charge is 2.15. The first kappa shape index (κ1) is 17.8. The normalized spacial score (nSPS) is 9.36. The second-order valence-corrected chi connectivity index (χ2v) is 5.13. The standard InChI is InChI=1S/C13H10BrNO3.C3H6O/c14-11-6-7-13(12(8-11)15(16)17)18-9-10-4-2-1-3-5-10;1-2-3-4/h1-8H,9H2;3H,2H2,1H3. The van der Waals surface area contributed by atoms with Crippen LogP contribution in [0.2, 0.25) is 0 Å². The highest BCUT2D eigenvalue weighted by atomic mass is 79.9. The summed E-state index contributed by atoms with van der Waals surface area (Å²) in [6.45, 7) is 2.12. The van der Waals surface area contributed by atoms with Gasteiger partial charge in [0.25, 0.3) is 0 Å². The molecule has 5 nitrogen and oxygen atoms in total. The van der Waals surface area contributed by atoms with Crippen LogP contribution in [0.5, 0.6) is 5.75 Å². The Balaban J connectivity index is 0.000000541. The Bertz CT molecular complexity index is 617. The molecule has 0 bridgehead atoms. The highest BCUT2D eigenvalue weighted by molar-refractivity contribution is 9.10. The maximum absolute atomic E-state index is 10.9. The van der Waals surface area contributed by atoms with Gasteiger partial charge in [-0.3, -0.25) is 10.1 Å². The summed E-state index contributed by atoms with van der Waals surface area (Å²) in [6, 6.07) is 14.3. The van der Waals surface area contributed by atoms with Gasteiger partial charge in [0.2, 0.25) is 0 Å². The molecule has 0 atom stereocenters. The van der Waals surface area contributed by atoms with Crippen LogP contribution in [0.4, 0.5) is 5.69 Å². The molecule has 0 radical (unpaired) electrons. The molecule has 0 saturated carbocycles. The molecule has 0 aliphatic carbocycles. The van der Waals surface area contributed by atoms with E-state index in [-0.39, 0.29) is 11.4 Å². The molecule has 116 valence electrons. The average molecular weight is 366 g/mol. The van der Waals surface area contributed by atoms with Crippen molar-refractivity contribution in [3.8, 4) is 5.75 Å². The number of nitro benzene ring substituents is 1. The van der Waals surface area contributed by atoms with E-state index in [1.54, 1.807) is 12.1 Å². The van der Waals surface area contributed by atoms with E-state index in [4.69, 9.17) is 4.74 Å². The van der Waals surface area contributed by atoms with Crippen LogP contribution in [0.25, 0.3) is 0 Å². The van der Waals surface area contributed by atoms with E-state index in [1.807, 2.05) is 37.3 Å². The van der Waals surface area contributed by atoms with Crippen LogP contribution in [-0.4, -0.2) is 11.2 Å². The van der Waals surface area contributed by atoms with E-state index in [1.165, 1.54) is 6.07 Å². The topological polar surface area (TPSA) is 69.4 Å². The predicted octanol–water partition coefficient (Wildman–Crippen LogP) is 4.53. The maximum atomic E-state index is 10.9. The van der Waals surface area contributed by atoms with Gasteiger partial charge in [0.15, 0.2) is 5.75 Å². The van der Waals surface area contributed by atoms with Gasteiger partial charge < -0.3 is 9.53 Å². The van der Waals surface area contributed by atoms with Crippen molar-refractivity contribution in [3.63, 3.8) is 0 Å². The summed E-state index contributed by atoms with van der Waals surface area (Å²) in [7, 11) is 0. The lowest BCUT2D eigenvalue weighted by atomic mass is 10.2. The van der Waals surface area contributed by atoms with Gasteiger partial charge in [0.05, 0.1) is 4.92 Å². The molecule has 0 fully saturated rings. The Morgan fingerprint density at radius 1 is 1.23 bits per heavy atom. The van der Waals surface area contributed by atoms with Crippen molar-refractivity contribution < 1.29 is 14.5 Å². The summed E-state index contributed by atoms with van der Waals surface area (Å²) in [5.41, 5.74) is 0.926. The molecule has 0 unspecified atom stereocenters. The fourth-order valence-corrected chi connectivity index (χ4v) is 1.84. The number of carbonyl (C=O) groups is 1. The zero-order valence-electron chi connectivity index (χ0n) is 12.1. The van der Waals surface area contributed by atoms with Crippen molar-refractivity contribution in [2.24, 2.45) is 0 Å². The van der Waals surface area contributed by atoms with Crippen molar-refractivity contribution in [2.45, 2.75) is 20.0 Å². The summed E-state index contributed by atoms with van der Waals surface area (Å²) in [6.07, 6.45) is 1.51. The number of hydrogen-bond donors (Lipinski definition) is 0. The summed E-state index contributed by atoms with van der Waals surface area (Å²) in [5.74, 6) is 0.270. The Hall–Kier alpha value is -2.21. The van der Waals surface area contributed by atoms with Crippen LogP contribution < -0.4 is 4.74 Å². The molecule has 0 aromatic heterocycles. The number of rotatable bonds is 5. The highest BCUT2D eigenvalue weighted by Crippen LogP contribution is 2.30.